The Labute approximate surface area is 151 Å². The maximum absolute atomic E-state index is 2.54. The van der Waals surface area contributed by atoms with E-state index >= 15 is 0 Å². The molecule has 0 radical (unpaired) electrons. The van der Waals surface area contributed by atoms with Crippen molar-refractivity contribution in [2.75, 3.05) is 6.16 Å². The third-order valence-electron chi connectivity index (χ3n) is 4.57. The molecule has 23 heavy (non-hydrogen) atoms. The molecule has 0 atom stereocenters. The van der Waals surface area contributed by atoms with Gasteiger partial charge >= 0.3 is 0 Å². The molecule has 140 valence electrons. The summed E-state index contributed by atoms with van der Waals surface area (Å²) in [6, 6.07) is 0. The van der Waals surface area contributed by atoms with Gasteiger partial charge in [0.2, 0.25) is 0 Å². The minimum atomic E-state index is -1.13. The maximum Gasteiger partial charge on any atom is -0.00983 e. The molecule has 0 rings (SSSR count). The molecule has 0 spiro atoms. The minimum absolute atomic E-state index is 0.0542. The molecule has 0 bridgehead atoms. The molecule has 0 aromatic carbocycles. The molecule has 0 aromatic rings. The van der Waals surface area contributed by atoms with Crippen molar-refractivity contribution in [2.24, 2.45) is 0 Å². The van der Waals surface area contributed by atoms with Crippen molar-refractivity contribution in [1.29, 1.82) is 0 Å². The third-order valence-corrected chi connectivity index (χ3v) is 26.6. The monoisotopic (exact) mass is 378 g/mol. The van der Waals surface area contributed by atoms with Gasteiger partial charge in [-0.1, -0.05) is 111 Å². The van der Waals surface area contributed by atoms with E-state index in [-0.39, 0.29) is 7.61 Å². The summed E-state index contributed by atoms with van der Waals surface area (Å²) in [6.07, 6.45) is 4.18. The molecule has 0 saturated heterocycles. The van der Waals surface area contributed by atoms with Crippen molar-refractivity contribution >= 4 is 21.7 Å². The van der Waals surface area contributed by atoms with Gasteiger partial charge in [0.1, 0.15) is 0 Å². The van der Waals surface area contributed by atoms with Crippen LogP contribution < -0.4 is 0 Å². The summed E-state index contributed by atoms with van der Waals surface area (Å²) in [7, 11) is 1.77. The number of unbranched alkanes of at least 4 members (excludes halogenated alkanes) is 1. The number of hydrogen-bond acceptors (Lipinski definition) is 0. The SMILES string of the molecule is CCCCP(=PP(C(C)(C)C)C(C)(C)C)(C(C)(C)C)C(C)(C)C. The van der Waals surface area contributed by atoms with Gasteiger partial charge in [-0.15, -0.1) is 0 Å². The smallest absolute Gasteiger partial charge is 0.00983 e. The minimum Gasteiger partial charge on any atom is -0.0783 e. The Morgan fingerprint density at radius 3 is 1.26 bits per heavy atom. The van der Waals surface area contributed by atoms with Crippen LogP contribution in [0.25, 0.3) is 0 Å². The Morgan fingerprint density at radius 2 is 1.04 bits per heavy atom. The molecule has 0 heterocycles. The van der Waals surface area contributed by atoms with Crippen LogP contribution in [0.2, 0.25) is 0 Å². The first-order valence-corrected chi connectivity index (χ1v) is 14.9. The topological polar surface area (TPSA) is 0 Å². The standard InChI is InChI=1S/C20H45P3/c1-14-15-16-23(19(8,9)10,20(11,12)13)21-22(17(2,3)4)18(5,6)7/h14-16H2,1-13H3. The van der Waals surface area contributed by atoms with E-state index in [1.807, 2.05) is 7.56 Å². The lowest BCUT2D eigenvalue weighted by molar-refractivity contribution is 0.693. The highest BCUT2D eigenvalue weighted by Gasteiger charge is 2.44. The van der Waals surface area contributed by atoms with Gasteiger partial charge in [0.15, 0.2) is 0 Å². The number of rotatable bonds is 4. The highest BCUT2D eigenvalue weighted by Crippen LogP contribution is 2.85. The van der Waals surface area contributed by atoms with E-state index in [9.17, 15) is 0 Å². The van der Waals surface area contributed by atoms with E-state index in [1.165, 1.54) is 19.0 Å². The summed E-state index contributed by atoms with van der Waals surface area (Å²) in [6.45, 7) is 31.3. The molecule has 3 heteroatoms. The van der Waals surface area contributed by atoms with Gasteiger partial charge in [-0.05, 0) is 40.8 Å². The van der Waals surface area contributed by atoms with Crippen LogP contribution in [0.15, 0.2) is 0 Å². The van der Waals surface area contributed by atoms with Crippen LogP contribution in [-0.2, 0) is 0 Å². The maximum atomic E-state index is 2.54. The van der Waals surface area contributed by atoms with Crippen molar-refractivity contribution in [2.45, 2.75) is 123 Å². The average molecular weight is 379 g/mol. The van der Waals surface area contributed by atoms with Crippen LogP contribution in [-0.4, -0.2) is 26.8 Å². The zero-order valence-electron chi connectivity index (χ0n) is 18.5. The second kappa shape index (κ2) is 7.81. The van der Waals surface area contributed by atoms with E-state index in [0.29, 0.717) is 20.6 Å². The normalized spacial score (nSPS) is 15.6. The Bertz CT molecular complexity index is 388. The Balaban J connectivity index is 6.63. The first kappa shape index (κ1) is 24.2. The number of hydrogen-bond donors (Lipinski definition) is 0. The summed E-state index contributed by atoms with van der Waals surface area (Å²) in [5.74, 6) is 0. The lowest BCUT2D eigenvalue weighted by atomic mass is 10.2. The highest BCUT2D eigenvalue weighted by atomic mass is 32.3. The molecule has 0 nitrogen and oxygen atoms in total. The molecule has 0 aliphatic carbocycles. The lowest BCUT2D eigenvalue weighted by Crippen LogP contribution is -2.30. The van der Waals surface area contributed by atoms with E-state index in [1.54, 1.807) is 0 Å². The fraction of sp³-hybridized carbons (Fsp3) is 1.00. The van der Waals surface area contributed by atoms with Crippen LogP contribution >= 0.6 is 21.7 Å². The van der Waals surface area contributed by atoms with Crippen molar-refractivity contribution in [3.8, 4) is 0 Å². The summed E-state index contributed by atoms with van der Waals surface area (Å²) >= 11 is 0. The van der Waals surface area contributed by atoms with E-state index in [4.69, 9.17) is 0 Å². The molecule has 0 unspecified atom stereocenters. The third kappa shape index (κ3) is 6.12. The van der Waals surface area contributed by atoms with Crippen molar-refractivity contribution in [3.05, 3.63) is 0 Å². The van der Waals surface area contributed by atoms with Crippen LogP contribution in [0.4, 0.5) is 0 Å². The van der Waals surface area contributed by atoms with Gasteiger partial charge in [-0.25, -0.2) is 0 Å². The molecule has 0 aliphatic heterocycles. The molecule has 0 fully saturated rings. The zero-order chi connectivity index (χ0) is 18.9. The summed E-state index contributed by atoms with van der Waals surface area (Å²) in [5, 5.41) is 1.70. The van der Waals surface area contributed by atoms with Gasteiger partial charge in [0.05, 0.1) is 0 Å². The lowest BCUT2D eigenvalue weighted by Gasteiger charge is -2.51. The fourth-order valence-electron chi connectivity index (χ4n) is 3.80. The summed E-state index contributed by atoms with van der Waals surface area (Å²) < 4.78 is 0. The van der Waals surface area contributed by atoms with Gasteiger partial charge in [-0.3, -0.25) is 0 Å². The van der Waals surface area contributed by atoms with Gasteiger partial charge < -0.3 is 0 Å². The zero-order valence-corrected chi connectivity index (χ0v) is 21.1. The second-order valence-electron chi connectivity index (χ2n) is 10.9. The Hall–Kier alpha value is 1.16. The van der Waals surface area contributed by atoms with Gasteiger partial charge in [-0.2, -0.15) is 0 Å². The Morgan fingerprint density at radius 1 is 0.696 bits per heavy atom. The molecule has 0 N–H and O–H groups in total. The predicted octanol–water partition coefficient (Wildman–Crippen LogP) is 9.26. The summed E-state index contributed by atoms with van der Waals surface area (Å²) in [4.78, 5) is 0. The van der Waals surface area contributed by atoms with E-state index in [2.05, 4.69) is 90.0 Å². The van der Waals surface area contributed by atoms with Crippen LogP contribution in [0.1, 0.15) is 103 Å². The van der Waals surface area contributed by atoms with Crippen molar-refractivity contribution < 1.29 is 0 Å². The first-order valence-electron chi connectivity index (χ1n) is 9.32. The molecular weight excluding hydrogens is 333 g/mol. The van der Waals surface area contributed by atoms with Crippen molar-refractivity contribution in [1.82, 2.24) is 0 Å². The molecule has 0 saturated carbocycles. The quantitative estimate of drug-likeness (QED) is 0.428. The predicted molar refractivity (Wildman–Crippen MR) is 120 cm³/mol. The fourth-order valence-corrected chi connectivity index (χ4v) is 29.5. The van der Waals surface area contributed by atoms with Crippen molar-refractivity contribution in [3.63, 3.8) is 0 Å². The van der Waals surface area contributed by atoms with Crippen LogP contribution in [0.5, 0.6) is 0 Å². The second-order valence-corrected chi connectivity index (χ2v) is 24.5. The Kier molecular flexibility index (Phi) is 8.20. The highest BCUT2D eigenvalue weighted by molar-refractivity contribution is 8.40. The van der Waals surface area contributed by atoms with E-state index < -0.39 is 6.55 Å². The summed E-state index contributed by atoms with van der Waals surface area (Å²) in [5.41, 5.74) is 0. The van der Waals surface area contributed by atoms with Gasteiger partial charge in [0.25, 0.3) is 0 Å². The molecule has 0 amide bonds. The molecule has 0 aromatic heterocycles. The van der Waals surface area contributed by atoms with E-state index in [0.717, 1.165) is 0 Å². The average Bonchev–Trinajstić information content (AvgIpc) is 2.21. The van der Waals surface area contributed by atoms with Crippen LogP contribution in [0, 0.1) is 0 Å². The van der Waals surface area contributed by atoms with Crippen LogP contribution in [0.3, 0.4) is 0 Å². The molecular formula is C20H45P3. The largest absolute Gasteiger partial charge is 0.0783 e. The molecule has 0 aliphatic rings. The first-order chi connectivity index (χ1) is 9.90. The van der Waals surface area contributed by atoms with Gasteiger partial charge in [0, 0.05) is 0 Å².